The van der Waals surface area contributed by atoms with Gasteiger partial charge in [0.25, 0.3) is 0 Å². The van der Waals surface area contributed by atoms with E-state index < -0.39 is 10.0 Å². The number of rotatable bonds is 7. The van der Waals surface area contributed by atoms with Gasteiger partial charge in [-0.25, -0.2) is 13.1 Å². The van der Waals surface area contributed by atoms with Crippen molar-refractivity contribution in [3.8, 4) is 5.75 Å². The lowest BCUT2D eigenvalue weighted by atomic mass is 10.3. The van der Waals surface area contributed by atoms with Crippen LogP contribution in [0.4, 0.5) is 5.69 Å². The zero-order valence-corrected chi connectivity index (χ0v) is 13.0. The molecule has 0 radical (unpaired) electrons. The molecule has 0 bridgehead atoms. The van der Waals surface area contributed by atoms with E-state index in [0.717, 1.165) is 12.2 Å². The lowest BCUT2D eigenvalue weighted by molar-refractivity contribution is 0.414. The lowest BCUT2D eigenvalue weighted by Gasteiger charge is -2.15. The van der Waals surface area contributed by atoms with E-state index in [1.807, 2.05) is 13.2 Å². The number of anilines is 1. The van der Waals surface area contributed by atoms with Crippen molar-refractivity contribution >= 4 is 27.5 Å². The number of hydrogen-bond acceptors (Lipinski definition) is 5. The number of nitrogen functional groups attached to an aromatic ring is 1. The fourth-order valence-electron chi connectivity index (χ4n) is 1.58. The minimum absolute atomic E-state index is 0.0873. The molecule has 0 spiro atoms. The number of ether oxygens (including phenoxy) is 1. The van der Waals surface area contributed by atoms with Gasteiger partial charge in [-0.1, -0.05) is 0 Å². The molecule has 0 fully saturated rings. The highest BCUT2D eigenvalue weighted by molar-refractivity contribution is 7.98. The minimum Gasteiger partial charge on any atom is -0.497 e. The van der Waals surface area contributed by atoms with Crippen molar-refractivity contribution in [2.45, 2.75) is 24.3 Å². The molecule has 0 saturated carbocycles. The molecule has 0 saturated heterocycles. The Bertz CT molecular complexity index is 518. The number of nitrogens with two attached hydrogens (primary N) is 1. The van der Waals surface area contributed by atoms with Crippen LogP contribution in [-0.2, 0) is 10.0 Å². The van der Waals surface area contributed by atoms with E-state index in [9.17, 15) is 8.42 Å². The van der Waals surface area contributed by atoms with Crippen LogP contribution in [0.5, 0.6) is 5.75 Å². The summed E-state index contributed by atoms with van der Waals surface area (Å²) in [5.41, 5.74) is 5.94. The summed E-state index contributed by atoms with van der Waals surface area (Å²) >= 11 is 1.68. The van der Waals surface area contributed by atoms with E-state index >= 15 is 0 Å². The summed E-state index contributed by atoms with van der Waals surface area (Å²) < 4.78 is 32.0. The Kier molecular flexibility index (Phi) is 5.96. The molecule has 1 rings (SSSR count). The number of hydrogen-bond donors (Lipinski definition) is 2. The molecule has 7 heteroatoms. The number of methoxy groups -OCH3 is 1. The molecule has 108 valence electrons. The first-order chi connectivity index (χ1) is 8.90. The minimum atomic E-state index is -3.59. The van der Waals surface area contributed by atoms with E-state index in [0.29, 0.717) is 5.75 Å². The Balaban J connectivity index is 2.88. The van der Waals surface area contributed by atoms with Gasteiger partial charge in [-0.2, -0.15) is 11.8 Å². The van der Waals surface area contributed by atoms with Crippen LogP contribution in [-0.4, -0.2) is 33.6 Å². The van der Waals surface area contributed by atoms with Crippen LogP contribution < -0.4 is 15.2 Å². The number of thioether (sulfide) groups is 1. The Labute approximate surface area is 119 Å². The molecule has 0 aliphatic rings. The van der Waals surface area contributed by atoms with Gasteiger partial charge in [-0.05, 0) is 37.5 Å². The van der Waals surface area contributed by atoms with Gasteiger partial charge < -0.3 is 10.5 Å². The number of sulfonamides is 1. The summed E-state index contributed by atoms with van der Waals surface area (Å²) in [6.07, 6.45) is 2.76. The Morgan fingerprint density at radius 2 is 2.16 bits per heavy atom. The maximum absolute atomic E-state index is 12.2. The second-order valence-electron chi connectivity index (χ2n) is 4.21. The maximum atomic E-state index is 12.2. The van der Waals surface area contributed by atoms with Crippen molar-refractivity contribution in [2.24, 2.45) is 0 Å². The zero-order chi connectivity index (χ0) is 14.5. The molecule has 5 nitrogen and oxygen atoms in total. The highest BCUT2D eigenvalue weighted by Gasteiger charge is 2.20. The van der Waals surface area contributed by atoms with Crippen LogP contribution in [0.3, 0.4) is 0 Å². The van der Waals surface area contributed by atoms with Crippen LogP contribution in [0.1, 0.15) is 13.3 Å². The first kappa shape index (κ1) is 16.1. The standard InChI is InChI=1S/C12H20N2O3S2/c1-9(6-7-18-3)14-19(15,16)12-5-4-10(17-2)8-11(12)13/h4-5,8-9,14H,6-7,13H2,1-3H3. The normalized spacial score (nSPS) is 13.2. The summed E-state index contributed by atoms with van der Waals surface area (Å²) in [5, 5.41) is 0. The third kappa shape index (κ3) is 4.59. The fourth-order valence-corrected chi connectivity index (χ4v) is 3.56. The summed E-state index contributed by atoms with van der Waals surface area (Å²) in [4.78, 5) is 0.0873. The molecule has 1 aromatic carbocycles. The first-order valence-electron chi connectivity index (χ1n) is 5.85. The van der Waals surface area contributed by atoms with E-state index in [1.54, 1.807) is 17.8 Å². The molecule has 0 aliphatic carbocycles. The second-order valence-corrected chi connectivity index (χ2v) is 6.88. The molecule has 1 atom stereocenters. The molecule has 3 N–H and O–H groups in total. The molecule has 1 unspecified atom stereocenters. The number of benzene rings is 1. The van der Waals surface area contributed by atoms with Gasteiger partial charge >= 0.3 is 0 Å². The fraction of sp³-hybridized carbons (Fsp3) is 0.500. The molecule has 0 amide bonds. The van der Waals surface area contributed by atoms with Crippen molar-refractivity contribution in [3.63, 3.8) is 0 Å². The van der Waals surface area contributed by atoms with Crippen LogP contribution >= 0.6 is 11.8 Å². The second kappa shape index (κ2) is 7.02. The van der Waals surface area contributed by atoms with Crippen LogP contribution in [0.2, 0.25) is 0 Å². The average Bonchev–Trinajstić information content (AvgIpc) is 2.35. The van der Waals surface area contributed by atoms with E-state index in [4.69, 9.17) is 10.5 Å². The van der Waals surface area contributed by atoms with Crippen molar-refractivity contribution in [1.82, 2.24) is 4.72 Å². The third-order valence-corrected chi connectivity index (χ3v) is 4.93. The van der Waals surface area contributed by atoms with Gasteiger partial charge in [-0.15, -0.1) is 0 Å². The highest BCUT2D eigenvalue weighted by Crippen LogP contribution is 2.23. The zero-order valence-electron chi connectivity index (χ0n) is 11.3. The smallest absolute Gasteiger partial charge is 0.242 e. The molecular weight excluding hydrogens is 284 g/mol. The average molecular weight is 304 g/mol. The first-order valence-corrected chi connectivity index (χ1v) is 8.73. The molecular formula is C12H20N2O3S2. The van der Waals surface area contributed by atoms with Crippen LogP contribution in [0.25, 0.3) is 0 Å². The predicted molar refractivity (Wildman–Crippen MR) is 80.2 cm³/mol. The highest BCUT2D eigenvalue weighted by atomic mass is 32.2. The van der Waals surface area contributed by atoms with Crippen molar-refractivity contribution in [2.75, 3.05) is 24.9 Å². The Morgan fingerprint density at radius 1 is 1.47 bits per heavy atom. The Morgan fingerprint density at radius 3 is 2.68 bits per heavy atom. The molecule has 0 heterocycles. The van der Waals surface area contributed by atoms with Crippen molar-refractivity contribution in [1.29, 1.82) is 0 Å². The molecule has 0 aliphatic heterocycles. The van der Waals surface area contributed by atoms with Gasteiger partial charge in [0.15, 0.2) is 0 Å². The van der Waals surface area contributed by atoms with Gasteiger partial charge in [0.2, 0.25) is 10.0 Å². The molecule has 1 aromatic rings. The quantitative estimate of drug-likeness (QED) is 0.749. The Hall–Kier alpha value is -0.920. The molecule has 19 heavy (non-hydrogen) atoms. The van der Waals surface area contributed by atoms with Crippen molar-refractivity contribution < 1.29 is 13.2 Å². The van der Waals surface area contributed by atoms with Crippen LogP contribution in [0.15, 0.2) is 23.1 Å². The SMILES string of the molecule is COc1ccc(S(=O)(=O)NC(C)CCSC)c(N)c1. The third-order valence-electron chi connectivity index (χ3n) is 2.62. The summed E-state index contributed by atoms with van der Waals surface area (Å²) in [7, 11) is -2.08. The van der Waals surface area contributed by atoms with E-state index in [2.05, 4.69) is 4.72 Å². The number of nitrogens with one attached hydrogen (secondary N) is 1. The van der Waals surface area contributed by atoms with Gasteiger partial charge in [0, 0.05) is 12.1 Å². The van der Waals surface area contributed by atoms with Gasteiger partial charge in [0.05, 0.1) is 12.8 Å². The lowest BCUT2D eigenvalue weighted by Crippen LogP contribution is -2.33. The monoisotopic (exact) mass is 304 g/mol. The van der Waals surface area contributed by atoms with E-state index in [-0.39, 0.29) is 16.6 Å². The largest absolute Gasteiger partial charge is 0.497 e. The molecule has 0 aromatic heterocycles. The van der Waals surface area contributed by atoms with Gasteiger partial charge in [-0.3, -0.25) is 0 Å². The predicted octanol–water partition coefficient (Wildman–Crippen LogP) is 1.70. The topological polar surface area (TPSA) is 81.4 Å². The van der Waals surface area contributed by atoms with Crippen molar-refractivity contribution in [3.05, 3.63) is 18.2 Å². The summed E-state index contributed by atoms with van der Waals surface area (Å²) in [6, 6.07) is 4.41. The summed E-state index contributed by atoms with van der Waals surface area (Å²) in [5.74, 6) is 1.44. The van der Waals surface area contributed by atoms with Gasteiger partial charge in [0.1, 0.15) is 10.6 Å². The van der Waals surface area contributed by atoms with E-state index in [1.165, 1.54) is 19.2 Å². The van der Waals surface area contributed by atoms with Crippen LogP contribution in [0, 0.1) is 0 Å². The maximum Gasteiger partial charge on any atom is 0.242 e. The summed E-state index contributed by atoms with van der Waals surface area (Å²) in [6.45, 7) is 1.84.